The molecule has 1 heterocycles. The zero-order valence-electron chi connectivity index (χ0n) is 14.7. The summed E-state index contributed by atoms with van der Waals surface area (Å²) in [6.07, 6.45) is 0. The number of fused-ring (bicyclic) bond motifs is 1. The Bertz CT molecular complexity index is 1190. The molecule has 0 aliphatic carbocycles. The Morgan fingerprint density at radius 3 is 2.63 bits per heavy atom. The number of hydrogen-bond donors (Lipinski definition) is 0. The van der Waals surface area contributed by atoms with E-state index in [9.17, 15) is 9.18 Å². The molecule has 0 fully saturated rings. The molecule has 0 radical (unpaired) electrons. The molecule has 0 spiro atoms. The summed E-state index contributed by atoms with van der Waals surface area (Å²) in [6, 6.07) is 21.5. The van der Waals surface area contributed by atoms with Crippen LogP contribution in [0.5, 0.6) is 0 Å². The number of rotatable bonds is 4. The van der Waals surface area contributed by atoms with Crippen molar-refractivity contribution in [1.82, 2.24) is 9.55 Å². The van der Waals surface area contributed by atoms with E-state index in [-0.39, 0.29) is 11.4 Å². The van der Waals surface area contributed by atoms with Crippen molar-refractivity contribution in [3.05, 3.63) is 100 Å². The smallest absolute Gasteiger partial charge is 0.266 e. The number of aryl methyl sites for hydroxylation is 1. The number of hydrogen-bond acceptors (Lipinski definition) is 3. The molecule has 0 aliphatic heterocycles. The second kappa shape index (κ2) is 7.37. The molecule has 0 saturated heterocycles. The monoisotopic (exact) mass is 376 g/mol. The first-order valence-electron chi connectivity index (χ1n) is 8.58. The topological polar surface area (TPSA) is 34.9 Å². The highest BCUT2D eigenvalue weighted by Crippen LogP contribution is 2.25. The molecule has 0 N–H and O–H groups in total. The number of nitrogens with zero attached hydrogens (tertiary/aromatic N) is 2. The second-order valence-electron chi connectivity index (χ2n) is 6.31. The fraction of sp³-hybridized carbons (Fsp3) is 0.0909. The molecule has 0 atom stereocenters. The van der Waals surface area contributed by atoms with Gasteiger partial charge in [-0.1, -0.05) is 59.8 Å². The molecule has 0 unspecified atom stereocenters. The van der Waals surface area contributed by atoms with E-state index in [2.05, 4.69) is 11.1 Å². The third-order valence-corrected chi connectivity index (χ3v) is 5.27. The van der Waals surface area contributed by atoms with Crippen molar-refractivity contribution in [3.8, 4) is 5.69 Å². The van der Waals surface area contributed by atoms with Crippen LogP contribution in [0.25, 0.3) is 16.6 Å². The van der Waals surface area contributed by atoms with Gasteiger partial charge in [-0.05, 0) is 42.8 Å². The highest BCUT2D eigenvalue weighted by atomic mass is 32.2. The molecule has 134 valence electrons. The van der Waals surface area contributed by atoms with Crippen molar-refractivity contribution in [3.63, 3.8) is 0 Å². The molecular weight excluding hydrogens is 359 g/mol. The fourth-order valence-corrected chi connectivity index (χ4v) is 3.96. The summed E-state index contributed by atoms with van der Waals surface area (Å²) >= 11 is 1.47. The summed E-state index contributed by atoms with van der Waals surface area (Å²) in [5, 5.41) is 1.06. The third-order valence-electron chi connectivity index (χ3n) is 4.26. The van der Waals surface area contributed by atoms with E-state index in [1.807, 2.05) is 37.3 Å². The zero-order valence-corrected chi connectivity index (χ0v) is 15.5. The minimum atomic E-state index is -0.387. The van der Waals surface area contributed by atoms with Gasteiger partial charge in [0.15, 0.2) is 5.16 Å². The molecular formula is C22H17FN2OS. The molecule has 1 aromatic heterocycles. The van der Waals surface area contributed by atoms with Gasteiger partial charge in [-0.15, -0.1) is 0 Å². The maximum atomic E-state index is 13.8. The predicted octanol–water partition coefficient (Wildman–Crippen LogP) is 5.13. The first-order chi connectivity index (χ1) is 13.1. The predicted molar refractivity (Wildman–Crippen MR) is 108 cm³/mol. The van der Waals surface area contributed by atoms with E-state index in [0.29, 0.717) is 27.5 Å². The molecule has 4 rings (SSSR count). The largest absolute Gasteiger partial charge is 0.268 e. The van der Waals surface area contributed by atoms with Gasteiger partial charge < -0.3 is 0 Å². The standard InChI is InChI=1S/C22H17FN2OS/c1-15-6-4-7-16(12-15)14-27-22-24-20-11-3-2-10-19(20)21(26)25(22)18-9-5-8-17(23)13-18/h2-13H,14H2,1H3. The Balaban J connectivity index is 1.84. The summed E-state index contributed by atoms with van der Waals surface area (Å²) < 4.78 is 15.3. The molecule has 0 amide bonds. The summed E-state index contributed by atoms with van der Waals surface area (Å²) in [6.45, 7) is 2.05. The van der Waals surface area contributed by atoms with E-state index >= 15 is 0 Å². The van der Waals surface area contributed by atoms with Gasteiger partial charge in [0.1, 0.15) is 5.82 Å². The van der Waals surface area contributed by atoms with Crippen LogP contribution in [0.4, 0.5) is 4.39 Å². The van der Waals surface area contributed by atoms with E-state index in [4.69, 9.17) is 0 Å². The van der Waals surface area contributed by atoms with Gasteiger partial charge in [0.05, 0.1) is 16.6 Å². The third kappa shape index (κ3) is 3.64. The molecule has 0 saturated carbocycles. The van der Waals surface area contributed by atoms with Gasteiger partial charge in [-0.2, -0.15) is 0 Å². The Morgan fingerprint density at radius 2 is 1.81 bits per heavy atom. The summed E-state index contributed by atoms with van der Waals surface area (Å²) in [7, 11) is 0. The van der Waals surface area contributed by atoms with Crippen LogP contribution in [0.15, 0.2) is 82.7 Å². The average Bonchev–Trinajstić information content (AvgIpc) is 2.66. The van der Waals surface area contributed by atoms with E-state index < -0.39 is 0 Å². The van der Waals surface area contributed by atoms with E-state index in [0.717, 1.165) is 5.56 Å². The number of benzene rings is 3. The number of thioether (sulfide) groups is 1. The van der Waals surface area contributed by atoms with Crippen LogP contribution in [-0.2, 0) is 5.75 Å². The summed E-state index contributed by atoms with van der Waals surface area (Å²) in [4.78, 5) is 17.8. The Morgan fingerprint density at radius 1 is 1.00 bits per heavy atom. The molecule has 0 bridgehead atoms. The molecule has 5 heteroatoms. The van der Waals surface area contributed by atoms with Gasteiger partial charge in [-0.25, -0.2) is 9.37 Å². The van der Waals surface area contributed by atoms with Crippen molar-refractivity contribution >= 4 is 22.7 Å². The van der Waals surface area contributed by atoms with Crippen LogP contribution in [-0.4, -0.2) is 9.55 Å². The zero-order chi connectivity index (χ0) is 18.8. The molecule has 27 heavy (non-hydrogen) atoms. The average molecular weight is 376 g/mol. The maximum Gasteiger partial charge on any atom is 0.266 e. The molecule has 3 aromatic carbocycles. The van der Waals surface area contributed by atoms with E-state index in [1.165, 1.54) is 34.0 Å². The molecule has 0 aliphatic rings. The minimum Gasteiger partial charge on any atom is -0.268 e. The van der Waals surface area contributed by atoms with Gasteiger partial charge in [0.25, 0.3) is 5.56 Å². The Labute approximate surface area is 160 Å². The van der Waals surface area contributed by atoms with Crippen molar-refractivity contribution in [1.29, 1.82) is 0 Å². The lowest BCUT2D eigenvalue weighted by Gasteiger charge is -2.13. The normalized spacial score (nSPS) is 11.0. The minimum absolute atomic E-state index is 0.196. The van der Waals surface area contributed by atoms with Crippen LogP contribution in [0.2, 0.25) is 0 Å². The van der Waals surface area contributed by atoms with Crippen LogP contribution >= 0.6 is 11.8 Å². The highest BCUT2D eigenvalue weighted by molar-refractivity contribution is 7.98. The van der Waals surface area contributed by atoms with Gasteiger partial charge >= 0.3 is 0 Å². The lowest BCUT2D eigenvalue weighted by atomic mass is 10.2. The van der Waals surface area contributed by atoms with Crippen LogP contribution in [0, 0.1) is 12.7 Å². The Kier molecular flexibility index (Phi) is 4.77. The van der Waals surface area contributed by atoms with Gasteiger partial charge in [0, 0.05) is 5.75 Å². The lowest BCUT2D eigenvalue weighted by molar-refractivity contribution is 0.625. The van der Waals surface area contributed by atoms with Crippen LogP contribution < -0.4 is 5.56 Å². The van der Waals surface area contributed by atoms with Crippen molar-refractivity contribution in [2.24, 2.45) is 0 Å². The van der Waals surface area contributed by atoms with Crippen LogP contribution in [0.1, 0.15) is 11.1 Å². The van der Waals surface area contributed by atoms with Crippen molar-refractivity contribution < 1.29 is 4.39 Å². The molecule has 4 aromatic rings. The number of aromatic nitrogens is 2. The van der Waals surface area contributed by atoms with Gasteiger partial charge in [-0.3, -0.25) is 9.36 Å². The molecule has 3 nitrogen and oxygen atoms in total. The lowest BCUT2D eigenvalue weighted by Crippen LogP contribution is -2.21. The van der Waals surface area contributed by atoms with E-state index in [1.54, 1.807) is 24.3 Å². The Hall–Kier alpha value is -2.92. The quantitative estimate of drug-likeness (QED) is 0.366. The van der Waals surface area contributed by atoms with Gasteiger partial charge in [0.2, 0.25) is 0 Å². The van der Waals surface area contributed by atoms with Crippen LogP contribution in [0.3, 0.4) is 0 Å². The number of para-hydroxylation sites is 1. The first-order valence-corrected chi connectivity index (χ1v) is 9.56. The summed E-state index contributed by atoms with van der Waals surface area (Å²) in [5.41, 5.74) is 3.25. The second-order valence-corrected chi connectivity index (χ2v) is 7.25. The maximum absolute atomic E-state index is 13.8. The fourth-order valence-electron chi connectivity index (χ4n) is 3.00. The number of halogens is 1. The van der Waals surface area contributed by atoms with Crippen molar-refractivity contribution in [2.75, 3.05) is 0 Å². The SMILES string of the molecule is Cc1cccc(CSc2nc3ccccc3c(=O)n2-c2cccc(F)c2)c1. The summed E-state index contributed by atoms with van der Waals surface area (Å²) in [5.74, 6) is 0.282. The highest BCUT2D eigenvalue weighted by Gasteiger charge is 2.14. The van der Waals surface area contributed by atoms with Crippen molar-refractivity contribution in [2.45, 2.75) is 17.8 Å². The first kappa shape index (κ1) is 17.5.